The SMILES string of the molecule is CCOC(=O)[C@H](C#N)C=NCc1ccccc1F. The van der Waals surface area contributed by atoms with Gasteiger partial charge in [-0.05, 0) is 13.0 Å². The van der Waals surface area contributed by atoms with E-state index in [0.29, 0.717) is 5.56 Å². The number of nitriles is 1. The third-order valence-corrected chi connectivity index (χ3v) is 2.15. The first kappa shape index (κ1) is 13.8. The molecule has 0 heterocycles. The molecule has 0 aliphatic carbocycles. The number of halogens is 1. The first-order valence-electron chi connectivity index (χ1n) is 5.48. The average Bonchev–Trinajstić information content (AvgIpc) is 2.37. The number of rotatable bonds is 5. The Hall–Kier alpha value is -2.22. The lowest BCUT2D eigenvalue weighted by Crippen LogP contribution is -2.17. The maximum absolute atomic E-state index is 13.2. The minimum Gasteiger partial charge on any atom is -0.465 e. The van der Waals surface area contributed by atoms with Gasteiger partial charge in [0.1, 0.15) is 5.82 Å². The van der Waals surface area contributed by atoms with E-state index in [-0.39, 0.29) is 19.0 Å². The molecule has 0 fully saturated rings. The molecule has 1 atom stereocenters. The summed E-state index contributed by atoms with van der Waals surface area (Å²) in [4.78, 5) is 15.2. The molecular weight excluding hydrogens is 235 g/mol. The summed E-state index contributed by atoms with van der Waals surface area (Å²) in [6.07, 6.45) is 1.18. The smallest absolute Gasteiger partial charge is 0.328 e. The number of carbonyl (C=O) groups excluding carboxylic acids is 1. The number of nitrogens with zero attached hydrogens (tertiary/aromatic N) is 2. The summed E-state index contributed by atoms with van der Waals surface area (Å²) in [5, 5.41) is 8.76. The second-order valence-electron chi connectivity index (χ2n) is 3.44. The van der Waals surface area contributed by atoms with Crippen LogP contribution in [0, 0.1) is 23.1 Å². The van der Waals surface area contributed by atoms with Crippen LogP contribution >= 0.6 is 0 Å². The van der Waals surface area contributed by atoms with E-state index < -0.39 is 11.9 Å². The van der Waals surface area contributed by atoms with E-state index in [1.807, 2.05) is 0 Å². The second kappa shape index (κ2) is 7.17. The monoisotopic (exact) mass is 248 g/mol. The molecule has 0 spiro atoms. The Morgan fingerprint density at radius 1 is 1.61 bits per heavy atom. The lowest BCUT2D eigenvalue weighted by Gasteiger charge is -2.03. The van der Waals surface area contributed by atoms with Crippen molar-refractivity contribution in [1.29, 1.82) is 5.26 Å². The molecule has 1 rings (SSSR count). The Morgan fingerprint density at radius 3 is 2.94 bits per heavy atom. The zero-order valence-electron chi connectivity index (χ0n) is 9.97. The summed E-state index contributed by atoms with van der Waals surface area (Å²) in [6, 6.07) is 7.97. The molecule has 0 radical (unpaired) electrons. The minimum atomic E-state index is -1.04. The first-order chi connectivity index (χ1) is 8.69. The van der Waals surface area contributed by atoms with Crippen LogP contribution in [0.15, 0.2) is 29.3 Å². The summed E-state index contributed by atoms with van der Waals surface area (Å²) in [5.74, 6) is -2.05. The summed E-state index contributed by atoms with van der Waals surface area (Å²) in [6.45, 7) is 1.95. The molecule has 0 aromatic heterocycles. The van der Waals surface area contributed by atoms with Gasteiger partial charge in [-0.1, -0.05) is 18.2 Å². The van der Waals surface area contributed by atoms with Crippen LogP contribution in [0.25, 0.3) is 0 Å². The number of carbonyl (C=O) groups is 1. The molecule has 0 saturated heterocycles. The Morgan fingerprint density at radius 2 is 2.33 bits per heavy atom. The Kier molecular flexibility index (Phi) is 5.52. The molecule has 0 unspecified atom stereocenters. The molecule has 1 aromatic carbocycles. The maximum atomic E-state index is 13.2. The van der Waals surface area contributed by atoms with E-state index in [1.165, 1.54) is 12.3 Å². The van der Waals surface area contributed by atoms with Gasteiger partial charge < -0.3 is 4.74 Å². The molecule has 0 N–H and O–H groups in total. The van der Waals surface area contributed by atoms with Crippen molar-refractivity contribution < 1.29 is 13.9 Å². The van der Waals surface area contributed by atoms with Crippen LogP contribution in [-0.2, 0) is 16.1 Å². The van der Waals surface area contributed by atoms with Crippen LogP contribution in [0.4, 0.5) is 4.39 Å². The number of hydrogen-bond acceptors (Lipinski definition) is 4. The molecule has 0 aliphatic heterocycles. The fourth-order valence-electron chi connectivity index (χ4n) is 1.26. The van der Waals surface area contributed by atoms with Gasteiger partial charge in [0.05, 0.1) is 19.2 Å². The molecule has 4 nitrogen and oxygen atoms in total. The summed E-state index contributed by atoms with van der Waals surface area (Å²) < 4.78 is 17.9. The number of hydrogen-bond donors (Lipinski definition) is 0. The zero-order valence-corrected chi connectivity index (χ0v) is 9.97. The Bertz CT molecular complexity index is 480. The van der Waals surface area contributed by atoms with E-state index in [1.54, 1.807) is 31.2 Å². The van der Waals surface area contributed by atoms with Crippen LogP contribution in [0.5, 0.6) is 0 Å². The Labute approximate surface area is 105 Å². The molecule has 94 valence electrons. The molecule has 0 aliphatic rings. The number of esters is 1. The molecular formula is C13H13FN2O2. The molecule has 0 saturated carbocycles. The number of ether oxygens (including phenoxy) is 1. The van der Waals surface area contributed by atoms with Gasteiger partial charge in [0.2, 0.25) is 0 Å². The largest absolute Gasteiger partial charge is 0.465 e. The van der Waals surface area contributed by atoms with Crippen LogP contribution in [0.2, 0.25) is 0 Å². The fourth-order valence-corrected chi connectivity index (χ4v) is 1.26. The Balaban J connectivity index is 2.62. The van der Waals surface area contributed by atoms with Crippen molar-refractivity contribution in [1.82, 2.24) is 0 Å². The van der Waals surface area contributed by atoms with Crippen LogP contribution < -0.4 is 0 Å². The lowest BCUT2D eigenvalue weighted by atomic mass is 10.2. The van der Waals surface area contributed by atoms with Gasteiger partial charge >= 0.3 is 5.97 Å². The molecule has 18 heavy (non-hydrogen) atoms. The quantitative estimate of drug-likeness (QED) is 0.592. The fraction of sp³-hybridized carbons (Fsp3) is 0.308. The summed E-state index contributed by atoms with van der Waals surface area (Å²) >= 11 is 0. The average molecular weight is 248 g/mol. The number of aliphatic imine (C=N–C) groups is 1. The third kappa shape index (κ3) is 3.98. The van der Waals surface area contributed by atoms with Crippen molar-refractivity contribution in [3.8, 4) is 6.07 Å². The summed E-state index contributed by atoms with van der Waals surface area (Å²) in [7, 11) is 0. The van der Waals surface area contributed by atoms with E-state index in [0.717, 1.165) is 0 Å². The van der Waals surface area contributed by atoms with Crippen molar-refractivity contribution in [2.75, 3.05) is 6.61 Å². The van der Waals surface area contributed by atoms with E-state index in [9.17, 15) is 9.18 Å². The van der Waals surface area contributed by atoms with Crippen molar-refractivity contribution in [2.45, 2.75) is 13.5 Å². The highest BCUT2D eigenvalue weighted by Crippen LogP contribution is 2.07. The minimum absolute atomic E-state index is 0.0876. The molecule has 0 amide bonds. The van der Waals surface area contributed by atoms with Gasteiger partial charge in [-0.3, -0.25) is 9.79 Å². The van der Waals surface area contributed by atoms with Gasteiger partial charge in [0, 0.05) is 11.8 Å². The van der Waals surface area contributed by atoms with Crippen LogP contribution in [0.1, 0.15) is 12.5 Å². The van der Waals surface area contributed by atoms with Gasteiger partial charge in [-0.2, -0.15) is 5.26 Å². The van der Waals surface area contributed by atoms with E-state index >= 15 is 0 Å². The highest BCUT2D eigenvalue weighted by molar-refractivity contribution is 5.92. The predicted molar refractivity (Wildman–Crippen MR) is 64.3 cm³/mol. The standard InChI is InChI=1S/C13H13FN2O2/c1-2-18-13(17)11(7-15)9-16-8-10-5-3-4-6-12(10)14/h3-6,9,11H,2,8H2,1H3/t11-/m1/s1. The number of benzene rings is 1. The second-order valence-corrected chi connectivity index (χ2v) is 3.44. The van der Waals surface area contributed by atoms with E-state index in [2.05, 4.69) is 4.99 Å². The molecule has 0 bridgehead atoms. The summed E-state index contributed by atoms with van der Waals surface area (Å²) in [5.41, 5.74) is 0.411. The van der Waals surface area contributed by atoms with Crippen molar-refractivity contribution in [3.05, 3.63) is 35.6 Å². The van der Waals surface area contributed by atoms with Crippen LogP contribution in [0.3, 0.4) is 0 Å². The highest BCUT2D eigenvalue weighted by Gasteiger charge is 2.16. The predicted octanol–water partition coefficient (Wildman–Crippen LogP) is 2.10. The normalized spacial score (nSPS) is 12.1. The van der Waals surface area contributed by atoms with E-state index in [4.69, 9.17) is 10.00 Å². The van der Waals surface area contributed by atoms with Gasteiger partial charge in [0.15, 0.2) is 5.92 Å². The zero-order chi connectivity index (χ0) is 13.4. The van der Waals surface area contributed by atoms with Crippen LogP contribution in [-0.4, -0.2) is 18.8 Å². The maximum Gasteiger partial charge on any atom is 0.328 e. The van der Waals surface area contributed by atoms with Gasteiger partial charge in [-0.15, -0.1) is 0 Å². The third-order valence-electron chi connectivity index (χ3n) is 2.15. The topological polar surface area (TPSA) is 62.5 Å². The highest BCUT2D eigenvalue weighted by atomic mass is 19.1. The first-order valence-corrected chi connectivity index (χ1v) is 5.48. The van der Waals surface area contributed by atoms with Crippen molar-refractivity contribution in [2.24, 2.45) is 10.9 Å². The molecule has 5 heteroatoms. The van der Waals surface area contributed by atoms with Crippen molar-refractivity contribution >= 4 is 12.2 Å². The van der Waals surface area contributed by atoms with Gasteiger partial charge in [0.25, 0.3) is 0 Å². The van der Waals surface area contributed by atoms with Gasteiger partial charge in [-0.25, -0.2) is 4.39 Å². The lowest BCUT2D eigenvalue weighted by molar-refractivity contribution is -0.143. The molecule has 1 aromatic rings. The van der Waals surface area contributed by atoms with Crippen molar-refractivity contribution in [3.63, 3.8) is 0 Å².